The minimum absolute atomic E-state index is 0.0783. The van der Waals surface area contributed by atoms with Gasteiger partial charge in [0.05, 0.1) is 6.10 Å². The van der Waals surface area contributed by atoms with E-state index in [-0.39, 0.29) is 17.8 Å². The molecule has 2 saturated carbocycles. The van der Waals surface area contributed by atoms with Gasteiger partial charge >= 0.3 is 5.97 Å². The van der Waals surface area contributed by atoms with E-state index in [1.54, 1.807) is 0 Å². The Morgan fingerprint density at radius 2 is 1.92 bits per heavy atom. The molecule has 2 aliphatic carbocycles. The van der Waals surface area contributed by atoms with Crippen LogP contribution in [0, 0.1) is 0 Å². The predicted octanol–water partition coefficient (Wildman–Crippen LogP) is 8.62. The first-order valence-corrected chi connectivity index (χ1v) is 14.0. The molecule has 1 atom stereocenters. The van der Waals surface area contributed by atoms with Crippen molar-refractivity contribution in [3.63, 3.8) is 0 Å². The smallest absolute Gasteiger partial charge is 0.303 e. The van der Waals surface area contributed by atoms with Crippen molar-refractivity contribution < 1.29 is 14.6 Å². The Morgan fingerprint density at radius 1 is 1.14 bits per heavy atom. The van der Waals surface area contributed by atoms with Gasteiger partial charge in [-0.1, -0.05) is 48.3 Å². The van der Waals surface area contributed by atoms with Gasteiger partial charge in [0.15, 0.2) is 0 Å². The maximum atomic E-state index is 10.8. The minimum atomic E-state index is -0.767. The fourth-order valence-electron chi connectivity index (χ4n) is 5.28. The summed E-state index contributed by atoms with van der Waals surface area (Å²) in [4.78, 5) is 15.4. The van der Waals surface area contributed by atoms with E-state index < -0.39 is 5.97 Å². The molecule has 1 heterocycles. The zero-order chi connectivity index (χ0) is 26.0. The highest BCUT2D eigenvalue weighted by molar-refractivity contribution is 6.34. The lowest BCUT2D eigenvalue weighted by Gasteiger charge is -2.22. The van der Waals surface area contributed by atoms with E-state index in [4.69, 9.17) is 33.0 Å². The van der Waals surface area contributed by atoms with Crippen molar-refractivity contribution in [1.29, 1.82) is 0 Å². The molecule has 1 aromatic heterocycles. The van der Waals surface area contributed by atoms with Crippen LogP contribution in [0.4, 0.5) is 0 Å². The number of hydrogen-bond donors (Lipinski definition) is 1. The Labute approximate surface area is 229 Å². The maximum Gasteiger partial charge on any atom is 0.303 e. The number of hydrogen-bond acceptors (Lipinski definition) is 3. The Hall–Kier alpha value is -2.56. The van der Waals surface area contributed by atoms with E-state index in [0.29, 0.717) is 17.5 Å². The van der Waals surface area contributed by atoms with Crippen LogP contribution in [-0.4, -0.2) is 22.2 Å². The van der Waals surface area contributed by atoms with Crippen molar-refractivity contribution >= 4 is 29.2 Å². The van der Waals surface area contributed by atoms with Gasteiger partial charge < -0.3 is 9.84 Å². The summed E-state index contributed by atoms with van der Waals surface area (Å²) in [5, 5.41) is 10.4. The lowest BCUT2D eigenvalue weighted by molar-refractivity contribution is -0.137. The third-order valence-corrected chi connectivity index (χ3v) is 8.52. The van der Waals surface area contributed by atoms with E-state index in [1.165, 1.54) is 11.1 Å². The van der Waals surface area contributed by atoms with Crippen LogP contribution in [0.25, 0.3) is 11.1 Å². The largest absolute Gasteiger partial charge is 0.490 e. The average Bonchev–Trinajstić information content (AvgIpc) is 3.81. The topological polar surface area (TPSA) is 59.4 Å². The lowest BCUT2D eigenvalue weighted by Crippen LogP contribution is -2.11. The fourth-order valence-corrected chi connectivity index (χ4v) is 5.91. The minimum Gasteiger partial charge on any atom is -0.490 e. The van der Waals surface area contributed by atoms with Crippen molar-refractivity contribution in [3.8, 4) is 16.9 Å². The van der Waals surface area contributed by atoms with Crippen LogP contribution < -0.4 is 4.74 Å². The van der Waals surface area contributed by atoms with Crippen molar-refractivity contribution in [2.24, 2.45) is 0 Å². The van der Waals surface area contributed by atoms with Gasteiger partial charge in [0.2, 0.25) is 0 Å². The highest BCUT2D eigenvalue weighted by Crippen LogP contribution is 2.55. The first kappa shape index (κ1) is 26.1. The number of pyridine rings is 1. The number of carbonyl (C=O) groups is 1. The molecule has 6 heteroatoms. The number of para-hydroxylation sites is 1. The zero-order valence-corrected chi connectivity index (χ0v) is 22.7. The normalized spacial score (nSPS) is 16.8. The van der Waals surface area contributed by atoms with Crippen molar-refractivity contribution in [1.82, 2.24) is 4.98 Å². The molecule has 194 valence electrons. The molecule has 1 unspecified atom stereocenters. The maximum absolute atomic E-state index is 10.8. The molecule has 1 N–H and O–H groups in total. The summed E-state index contributed by atoms with van der Waals surface area (Å²) in [7, 11) is 0. The van der Waals surface area contributed by atoms with E-state index >= 15 is 0 Å². The summed E-state index contributed by atoms with van der Waals surface area (Å²) >= 11 is 13.4. The van der Waals surface area contributed by atoms with Gasteiger partial charge in [-0.15, -0.1) is 0 Å². The van der Waals surface area contributed by atoms with Crippen LogP contribution in [0.15, 0.2) is 54.9 Å². The van der Waals surface area contributed by atoms with Crippen LogP contribution in [0.5, 0.6) is 5.75 Å². The number of nitrogens with zero attached hydrogens (tertiary/aromatic N) is 1. The second-order valence-corrected chi connectivity index (χ2v) is 11.5. The molecule has 2 fully saturated rings. The Bertz CT molecular complexity index is 1280. The number of ether oxygens (including phenoxy) is 1. The van der Waals surface area contributed by atoms with Gasteiger partial charge in [0.1, 0.15) is 5.75 Å². The quantitative estimate of drug-likeness (QED) is 0.251. The van der Waals surface area contributed by atoms with Gasteiger partial charge in [0, 0.05) is 34.4 Å². The molecule has 0 amide bonds. The molecule has 0 radical (unpaired) electrons. The summed E-state index contributed by atoms with van der Waals surface area (Å²) in [6.45, 7) is 2.08. The monoisotopic (exact) mass is 537 g/mol. The third kappa shape index (κ3) is 6.13. The van der Waals surface area contributed by atoms with E-state index in [2.05, 4.69) is 36.2 Å². The average molecular weight is 539 g/mol. The lowest BCUT2D eigenvalue weighted by atomic mass is 9.85. The summed E-state index contributed by atoms with van der Waals surface area (Å²) < 4.78 is 6.24. The van der Waals surface area contributed by atoms with Crippen LogP contribution in [0.3, 0.4) is 0 Å². The number of carboxylic acid groups (broad SMARTS) is 1. The molecule has 0 bridgehead atoms. The molecule has 4 nitrogen and oxygen atoms in total. The molecule has 3 aromatic rings. The first-order chi connectivity index (χ1) is 17.9. The molecule has 0 spiro atoms. The standard InChI is InChI=1S/C31H33Cl2NO3/c1-20(5-4-8-30(35)36)25-18-27(32)21(17-28(25)33)11-13-31(14-15-31)26-19-34-16-12-23(26)24-6-2-3-7-29(24)37-22-9-10-22/h2-3,6-7,12,16-20,22H,4-5,8-11,13-15H2,1H3,(H,35,36). The Morgan fingerprint density at radius 3 is 2.65 bits per heavy atom. The van der Waals surface area contributed by atoms with E-state index in [9.17, 15) is 4.79 Å². The predicted molar refractivity (Wildman–Crippen MR) is 149 cm³/mol. The molecule has 2 aliphatic rings. The number of aliphatic carboxylic acids is 1. The molecule has 0 saturated heterocycles. The molecule has 0 aliphatic heterocycles. The second kappa shape index (κ2) is 11.0. The summed E-state index contributed by atoms with van der Waals surface area (Å²) in [5.74, 6) is 0.344. The molecular formula is C31H33Cl2NO3. The number of rotatable bonds is 12. The number of halogens is 2. The van der Waals surface area contributed by atoms with E-state index in [0.717, 1.165) is 72.4 Å². The zero-order valence-electron chi connectivity index (χ0n) is 21.2. The third-order valence-electron chi connectivity index (χ3n) is 7.84. The Kier molecular flexibility index (Phi) is 7.78. The van der Waals surface area contributed by atoms with Gasteiger partial charge in [-0.05, 0) is 109 Å². The Balaban J connectivity index is 1.33. The van der Waals surface area contributed by atoms with Gasteiger partial charge in [0.25, 0.3) is 0 Å². The van der Waals surface area contributed by atoms with Gasteiger partial charge in [-0.3, -0.25) is 9.78 Å². The molecular weight excluding hydrogens is 505 g/mol. The SMILES string of the molecule is CC(CCCC(=O)O)c1cc(Cl)c(CCC2(c3cnccc3-c3ccccc3OC3CC3)CC2)cc1Cl. The number of aryl methyl sites for hydroxylation is 1. The van der Waals surface area contributed by atoms with Crippen molar-refractivity contribution in [3.05, 3.63) is 81.6 Å². The van der Waals surface area contributed by atoms with E-state index in [1.807, 2.05) is 30.6 Å². The second-order valence-electron chi connectivity index (χ2n) is 10.7. The van der Waals surface area contributed by atoms with Crippen LogP contribution in [0.2, 0.25) is 10.0 Å². The highest BCUT2D eigenvalue weighted by Gasteiger charge is 2.45. The molecule has 5 rings (SSSR count). The van der Waals surface area contributed by atoms with Gasteiger partial charge in [-0.25, -0.2) is 0 Å². The van der Waals surface area contributed by atoms with Crippen molar-refractivity contribution in [2.45, 2.75) is 82.1 Å². The van der Waals surface area contributed by atoms with Gasteiger partial charge in [-0.2, -0.15) is 0 Å². The van der Waals surface area contributed by atoms with Crippen LogP contribution in [-0.2, 0) is 16.6 Å². The van der Waals surface area contributed by atoms with Crippen LogP contribution >= 0.6 is 23.2 Å². The highest BCUT2D eigenvalue weighted by atomic mass is 35.5. The van der Waals surface area contributed by atoms with Crippen molar-refractivity contribution in [2.75, 3.05) is 0 Å². The molecule has 37 heavy (non-hydrogen) atoms. The summed E-state index contributed by atoms with van der Waals surface area (Å²) in [6, 6.07) is 14.4. The number of benzene rings is 2. The number of carboxylic acids is 1. The number of aromatic nitrogens is 1. The summed E-state index contributed by atoms with van der Waals surface area (Å²) in [6.07, 6.45) is 12.1. The molecule has 2 aromatic carbocycles. The first-order valence-electron chi connectivity index (χ1n) is 13.3. The van der Waals surface area contributed by atoms with Crippen LogP contribution in [0.1, 0.15) is 80.9 Å². The summed E-state index contributed by atoms with van der Waals surface area (Å²) in [5.41, 5.74) is 5.76. The fraction of sp³-hybridized carbons (Fsp3) is 0.419.